The van der Waals surface area contributed by atoms with Gasteiger partial charge in [0.15, 0.2) is 0 Å². The first-order valence-corrected chi connectivity index (χ1v) is 6.37. The lowest BCUT2D eigenvalue weighted by Crippen LogP contribution is -2.24. The summed E-state index contributed by atoms with van der Waals surface area (Å²) in [7, 11) is 1.65. The van der Waals surface area contributed by atoms with Gasteiger partial charge in [0, 0.05) is 31.9 Å². The van der Waals surface area contributed by atoms with Gasteiger partial charge in [-0.2, -0.15) is 0 Å². The quantitative estimate of drug-likeness (QED) is 0.326. The molecule has 0 saturated carbocycles. The number of amides is 1. The molecule has 1 aromatic carbocycles. The molecule has 0 aliphatic carbocycles. The number of nitrogens with two attached hydrogens (primary N) is 1. The van der Waals surface area contributed by atoms with Gasteiger partial charge >= 0.3 is 0 Å². The van der Waals surface area contributed by atoms with Crippen LogP contribution in [0.1, 0.15) is 29.6 Å². The number of nitrogen functional groups attached to an aromatic ring is 1. The van der Waals surface area contributed by atoms with Gasteiger partial charge in [-0.3, -0.25) is 14.9 Å². The second-order valence-corrected chi connectivity index (χ2v) is 4.34. The normalized spacial score (nSPS) is 10.2. The number of methoxy groups -OCH3 is 1. The predicted molar refractivity (Wildman–Crippen MR) is 75.6 cm³/mol. The summed E-state index contributed by atoms with van der Waals surface area (Å²) >= 11 is 0. The molecular weight excluding hydrogens is 262 g/mol. The smallest absolute Gasteiger partial charge is 0.292 e. The fraction of sp³-hybridized carbons (Fsp3) is 0.462. The molecule has 0 bridgehead atoms. The zero-order valence-corrected chi connectivity index (χ0v) is 11.4. The van der Waals surface area contributed by atoms with Crippen LogP contribution in [-0.2, 0) is 4.74 Å². The Morgan fingerprint density at radius 3 is 2.75 bits per heavy atom. The summed E-state index contributed by atoms with van der Waals surface area (Å²) in [6, 6.07) is 3.95. The molecule has 0 atom stereocenters. The minimum Gasteiger partial charge on any atom is -0.393 e. The Balaban J connectivity index is 2.44. The number of nitro benzene ring substituents is 1. The third kappa shape index (κ3) is 4.85. The number of carbonyl (C=O) groups is 1. The highest BCUT2D eigenvalue weighted by atomic mass is 16.6. The van der Waals surface area contributed by atoms with E-state index in [1.807, 2.05) is 0 Å². The fourth-order valence-corrected chi connectivity index (χ4v) is 1.71. The number of unbranched alkanes of at least 4 members (excludes halogenated alkanes) is 2. The zero-order chi connectivity index (χ0) is 15.0. The Hall–Kier alpha value is -2.15. The molecule has 0 radical (unpaired) electrons. The first-order chi connectivity index (χ1) is 9.56. The van der Waals surface area contributed by atoms with Crippen LogP contribution in [0.5, 0.6) is 0 Å². The second kappa shape index (κ2) is 8.11. The van der Waals surface area contributed by atoms with Crippen LogP contribution in [0.4, 0.5) is 11.4 Å². The van der Waals surface area contributed by atoms with E-state index < -0.39 is 4.92 Å². The van der Waals surface area contributed by atoms with Crippen molar-refractivity contribution in [1.82, 2.24) is 5.32 Å². The zero-order valence-electron chi connectivity index (χ0n) is 11.4. The number of nitrogens with one attached hydrogen (secondary N) is 1. The Bertz CT molecular complexity index is 477. The van der Waals surface area contributed by atoms with Crippen LogP contribution in [0.3, 0.4) is 0 Å². The molecule has 20 heavy (non-hydrogen) atoms. The number of carbonyl (C=O) groups excluding carboxylic acids is 1. The minimum absolute atomic E-state index is 0.0113. The average Bonchev–Trinajstić information content (AvgIpc) is 2.41. The molecular formula is C13H19N3O4. The number of nitrogens with zero attached hydrogens (tertiary/aromatic N) is 1. The van der Waals surface area contributed by atoms with E-state index in [0.29, 0.717) is 18.7 Å². The molecule has 1 amide bonds. The molecule has 0 spiro atoms. The standard InChI is InChI=1S/C13H19N3O4/c1-20-8-4-2-3-7-15-13(17)10-5-6-12(16(18)19)11(14)9-10/h5-6,9H,2-4,7-8,14H2,1H3,(H,15,17). The van der Waals surface area contributed by atoms with E-state index in [0.717, 1.165) is 19.3 Å². The van der Waals surface area contributed by atoms with Crippen molar-refractivity contribution < 1.29 is 14.5 Å². The highest BCUT2D eigenvalue weighted by Crippen LogP contribution is 2.21. The first kappa shape index (κ1) is 15.9. The minimum atomic E-state index is -0.577. The third-order valence-corrected chi connectivity index (χ3v) is 2.80. The predicted octanol–water partition coefficient (Wildman–Crippen LogP) is 1.72. The summed E-state index contributed by atoms with van der Waals surface area (Å²) in [5.41, 5.74) is 5.65. The van der Waals surface area contributed by atoms with Crippen molar-refractivity contribution in [3.63, 3.8) is 0 Å². The highest BCUT2D eigenvalue weighted by molar-refractivity contribution is 5.95. The van der Waals surface area contributed by atoms with Gasteiger partial charge in [-0.15, -0.1) is 0 Å². The summed E-state index contributed by atoms with van der Waals surface area (Å²) < 4.78 is 4.93. The van der Waals surface area contributed by atoms with E-state index in [9.17, 15) is 14.9 Å². The lowest BCUT2D eigenvalue weighted by molar-refractivity contribution is -0.383. The Morgan fingerprint density at radius 2 is 2.15 bits per heavy atom. The van der Waals surface area contributed by atoms with Crippen LogP contribution >= 0.6 is 0 Å². The Kier molecular flexibility index (Phi) is 6.45. The molecule has 0 saturated heterocycles. The number of hydrogen-bond donors (Lipinski definition) is 2. The first-order valence-electron chi connectivity index (χ1n) is 6.37. The summed E-state index contributed by atoms with van der Waals surface area (Å²) in [6.45, 7) is 1.27. The maximum Gasteiger partial charge on any atom is 0.292 e. The largest absolute Gasteiger partial charge is 0.393 e. The monoisotopic (exact) mass is 281 g/mol. The van der Waals surface area contributed by atoms with E-state index in [-0.39, 0.29) is 17.3 Å². The third-order valence-electron chi connectivity index (χ3n) is 2.80. The lowest BCUT2D eigenvalue weighted by Gasteiger charge is -2.06. The number of hydrogen-bond acceptors (Lipinski definition) is 5. The van der Waals surface area contributed by atoms with Crippen LogP contribution < -0.4 is 11.1 Å². The Labute approximate surface area is 117 Å². The fourth-order valence-electron chi connectivity index (χ4n) is 1.71. The number of ether oxygens (including phenoxy) is 1. The van der Waals surface area contributed by atoms with Gasteiger partial charge in [-0.1, -0.05) is 0 Å². The summed E-state index contributed by atoms with van der Waals surface area (Å²) in [6.07, 6.45) is 2.78. The van der Waals surface area contributed by atoms with Crippen molar-refractivity contribution in [2.24, 2.45) is 0 Å². The molecule has 0 unspecified atom stereocenters. The van der Waals surface area contributed by atoms with E-state index in [1.165, 1.54) is 18.2 Å². The van der Waals surface area contributed by atoms with Crippen molar-refractivity contribution in [2.45, 2.75) is 19.3 Å². The van der Waals surface area contributed by atoms with Gasteiger partial charge in [0.05, 0.1) is 4.92 Å². The van der Waals surface area contributed by atoms with Crippen LogP contribution in [0.2, 0.25) is 0 Å². The van der Waals surface area contributed by atoms with Crippen molar-refractivity contribution in [2.75, 3.05) is 26.0 Å². The highest BCUT2D eigenvalue weighted by Gasteiger charge is 2.14. The lowest BCUT2D eigenvalue weighted by atomic mass is 10.1. The molecule has 1 rings (SSSR count). The van der Waals surface area contributed by atoms with Crippen molar-refractivity contribution in [1.29, 1.82) is 0 Å². The van der Waals surface area contributed by atoms with Gasteiger partial charge in [0.1, 0.15) is 5.69 Å². The Morgan fingerprint density at radius 1 is 1.40 bits per heavy atom. The molecule has 3 N–H and O–H groups in total. The summed E-state index contributed by atoms with van der Waals surface area (Å²) in [5.74, 6) is -0.279. The van der Waals surface area contributed by atoms with E-state index >= 15 is 0 Å². The number of nitro groups is 1. The second-order valence-electron chi connectivity index (χ2n) is 4.34. The average molecular weight is 281 g/mol. The van der Waals surface area contributed by atoms with Crippen molar-refractivity contribution in [3.05, 3.63) is 33.9 Å². The van der Waals surface area contributed by atoms with Gasteiger partial charge in [-0.05, 0) is 31.4 Å². The molecule has 0 aromatic heterocycles. The molecule has 0 heterocycles. The summed E-state index contributed by atoms with van der Waals surface area (Å²) in [4.78, 5) is 21.8. The number of benzene rings is 1. The van der Waals surface area contributed by atoms with Crippen LogP contribution in [0.25, 0.3) is 0 Å². The van der Waals surface area contributed by atoms with Gasteiger partial charge in [0.25, 0.3) is 11.6 Å². The summed E-state index contributed by atoms with van der Waals surface area (Å²) in [5, 5.41) is 13.4. The maximum atomic E-state index is 11.8. The molecule has 110 valence electrons. The van der Waals surface area contributed by atoms with Gasteiger partial charge in [0.2, 0.25) is 0 Å². The van der Waals surface area contributed by atoms with E-state index in [2.05, 4.69) is 5.32 Å². The van der Waals surface area contributed by atoms with Crippen LogP contribution in [0, 0.1) is 10.1 Å². The van der Waals surface area contributed by atoms with E-state index in [4.69, 9.17) is 10.5 Å². The molecule has 7 nitrogen and oxygen atoms in total. The topological polar surface area (TPSA) is 107 Å². The van der Waals surface area contributed by atoms with Gasteiger partial charge in [-0.25, -0.2) is 0 Å². The van der Waals surface area contributed by atoms with Crippen molar-refractivity contribution >= 4 is 17.3 Å². The van der Waals surface area contributed by atoms with Crippen molar-refractivity contribution in [3.8, 4) is 0 Å². The number of rotatable bonds is 8. The maximum absolute atomic E-state index is 11.8. The van der Waals surface area contributed by atoms with E-state index in [1.54, 1.807) is 7.11 Å². The molecule has 7 heteroatoms. The molecule has 1 aromatic rings. The molecule has 0 fully saturated rings. The van der Waals surface area contributed by atoms with Crippen LogP contribution in [-0.4, -0.2) is 31.1 Å². The van der Waals surface area contributed by atoms with Gasteiger partial charge < -0.3 is 15.8 Å². The molecule has 0 aliphatic rings. The molecule has 0 aliphatic heterocycles. The number of anilines is 1. The SMILES string of the molecule is COCCCCCNC(=O)c1ccc([N+](=O)[O-])c(N)c1. The van der Waals surface area contributed by atoms with Crippen LogP contribution in [0.15, 0.2) is 18.2 Å².